The first-order valence-corrected chi connectivity index (χ1v) is 8.47. The Hall–Kier alpha value is -1.02. The third-order valence-corrected chi connectivity index (χ3v) is 5.66. The molecule has 0 amide bonds. The molecule has 7 heteroatoms. The lowest BCUT2D eigenvalue weighted by Crippen LogP contribution is -2.48. The first-order chi connectivity index (χ1) is 10.0. The lowest BCUT2D eigenvalue weighted by molar-refractivity contribution is 0.0314. The smallest absolute Gasteiger partial charge is 0.243 e. The van der Waals surface area contributed by atoms with Crippen LogP contribution in [0, 0.1) is 5.82 Å². The number of sulfonamides is 1. The van der Waals surface area contributed by atoms with Crippen LogP contribution in [0.1, 0.15) is 18.9 Å². The maximum absolute atomic E-state index is 13.5. The lowest BCUT2D eigenvalue weighted by Gasteiger charge is -2.34. The number of halogens is 1. The fourth-order valence-corrected chi connectivity index (χ4v) is 4.41. The number of rotatable bonds is 5. The van der Waals surface area contributed by atoms with E-state index in [1.54, 1.807) is 7.05 Å². The van der Waals surface area contributed by atoms with Gasteiger partial charge in [-0.1, -0.05) is 13.0 Å². The molecule has 1 aliphatic heterocycles. The Morgan fingerprint density at radius 2 is 2.24 bits per heavy atom. The fraction of sp³-hybridized carbons (Fsp3) is 0.571. The summed E-state index contributed by atoms with van der Waals surface area (Å²) >= 11 is 0. The average molecular weight is 316 g/mol. The van der Waals surface area contributed by atoms with Gasteiger partial charge in [-0.25, -0.2) is 12.8 Å². The largest absolute Gasteiger partial charge is 0.378 e. The van der Waals surface area contributed by atoms with Crippen molar-refractivity contribution in [2.45, 2.75) is 30.8 Å². The minimum atomic E-state index is -3.73. The van der Waals surface area contributed by atoms with E-state index in [9.17, 15) is 12.8 Å². The third-order valence-electron chi connectivity index (χ3n) is 3.63. The summed E-state index contributed by atoms with van der Waals surface area (Å²) in [5.41, 5.74) is 0.570. The Bertz CT molecular complexity index is 592. The van der Waals surface area contributed by atoms with Crippen LogP contribution in [0.4, 0.5) is 4.39 Å². The monoisotopic (exact) mass is 316 g/mol. The van der Waals surface area contributed by atoms with Crippen molar-refractivity contribution in [3.63, 3.8) is 0 Å². The molecular weight excluding hydrogens is 295 g/mol. The summed E-state index contributed by atoms with van der Waals surface area (Å²) in [5, 5.41) is 2.91. The van der Waals surface area contributed by atoms with E-state index in [1.165, 1.54) is 16.4 Å². The van der Waals surface area contributed by atoms with Crippen molar-refractivity contribution in [2.75, 3.05) is 26.8 Å². The Morgan fingerprint density at radius 3 is 2.90 bits per heavy atom. The normalized spacial score (nSPS) is 20.6. The summed E-state index contributed by atoms with van der Waals surface area (Å²) in [6.45, 7) is 3.34. The number of nitrogens with one attached hydrogen (secondary N) is 1. The standard InChI is InChI=1S/C14H21FN2O3S/c1-3-13-10-20-7-6-17(13)21(18,19)14-8-12(15)5-4-11(14)9-16-2/h4-5,8,13,16H,3,6-7,9-10H2,1-2H3. The van der Waals surface area contributed by atoms with Crippen LogP contribution in [-0.2, 0) is 21.3 Å². The van der Waals surface area contributed by atoms with Gasteiger partial charge in [-0.3, -0.25) is 0 Å². The molecule has 2 rings (SSSR count). The average Bonchev–Trinajstić information content (AvgIpc) is 2.49. The van der Waals surface area contributed by atoms with Crippen molar-refractivity contribution in [3.8, 4) is 0 Å². The highest BCUT2D eigenvalue weighted by atomic mass is 32.2. The van der Waals surface area contributed by atoms with Gasteiger partial charge in [0.2, 0.25) is 10.0 Å². The zero-order valence-electron chi connectivity index (χ0n) is 12.3. The van der Waals surface area contributed by atoms with E-state index in [0.29, 0.717) is 38.3 Å². The number of ether oxygens (including phenoxy) is 1. The molecule has 0 saturated carbocycles. The molecule has 1 atom stereocenters. The summed E-state index contributed by atoms with van der Waals surface area (Å²) < 4.78 is 46.1. The third kappa shape index (κ3) is 3.42. The van der Waals surface area contributed by atoms with Crippen LogP contribution in [0.3, 0.4) is 0 Å². The molecule has 1 heterocycles. The van der Waals surface area contributed by atoms with Crippen LogP contribution >= 0.6 is 0 Å². The SMILES string of the molecule is CCC1COCCN1S(=O)(=O)c1cc(F)ccc1CNC. The Morgan fingerprint density at radius 1 is 1.48 bits per heavy atom. The van der Waals surface area contributed by atoms with Crippen molar-refractivity contribution in [3.05, 3.63) is 29.6 Å². The van der Waals surface area contributed by atoms with Gasteiger partial charge in [0.05, 0.1) is 18.1 Å². The van der Waals surface area contributed by atoms with E-state index in [2.05, 4.69) is 5.32 Å². The van der Waals surface area contributed by atoms with E-state index in [4.69, 9.17) is 4.74 Å². The molecule has 1 aliphatic rings. The highest BCUT2D eigenvalue weighted by Crippen LogP contribution is 2.25. The quantitative estimate of drug-likeness (QED) is 0.891. The van der Waals surface area contributed by atoms with Crippen LogP contribution in [0.25, 0.3) is 0 Å². The zero-order valence-corrected chi connectivity index (χ0v) is 13.1. The molecule has 1 saturated heterocycles. The summed E-state index contributed by atoms with van der Waals surface area (Å²) in [4.78, 5) is 0.0391. The highest BCUT2D eigenvalue weighted by molar-refractivity contribution is 7.89. The summed E-state index contributed by atoms with van der Waals surface area (Å²) in [7, 11) is -2.00. The van der Waals surface area contributed by atoms with Gasteiger partial charge in [-0.2, -0.15) is 4.31 Å². The second-order valence-corrected chi connectivity index (χ2v) is 6.89. The van der Waals surface area contributed by atoms with E-state index in [1.807, 2.05) is 6.92 Å². The topological polar surface area (TPSA) is 58.6 Å². The molecule has 1 aromatic carbocycles. The fourth-order valence-electron chi connectivity index (χ4n) is 2.51. The molecule has 0 aromatic heterocycles. The Balaban J connectivity index is 2.45. The number of hydrogen-bond donors (Lipinski definition) is 1. The second kappa shape index (κ2) is 6.83. The molecule has 1 aromatic rings. The van der Waals surface area contributed by atoms with Crippen molar-refractivity contribution < 1.29 is 17.5 Å². The van der Waals surface area contributed by atoms with Crippen LogP contribution in [0.5, 0.6) is 0 Å². The van der Waals surface area contributed by atoms with Gasteiger partial charge in [0.15, 0.2) is 0 Å². The molecule has 1 fully saturated rings. The van der Waals surface area contributed by atoms with Crippen LogP contribution in [0.2, 0.25) is 0 Å². The number of benzene rings is 1. The molecular formula is C14H21FN2O3S. The number of nitrogens with zero attached hydrogens (tertiary/aromatic N) is 1. The van der Waals surface area contributed by atoms with Gasteiger partial charge in [0.25, 0.3) is 0 Å². The number of hydrogen-bond acceptors (Lipinski definition) is 4. The van der Waals surface area contributed by atoms with Crippen LogP contribution < -0.4 is 5.32 Å². The molecule has 0 radical (unpaired) electrons. The van der Waals surface area contributed by atoms with Gasteiger partial charge >= 0.3 is 0 Å². The predicted molar refractivity (Wildman–Crippen MR) is 78.0 cm³/mol. The van der Waals surface area contributed by atoms with Crippen molar-refractivity contribution >= 4 is 10.0 Å². The minimum absolute atomic E-state index is 0.0391. The molecule has 1 N–H and O–H groups in total. The van der Waals surface area contributed by atoms with Crippen LogP contribution in [-0.4, -0.2) is 45.6 Å². The van der Waals surface area contributed by atoms with Gasteiger partial charge in [0.1, 0.15) is 5.82 Å². The molecule has 1 unspecified atom stereocenters. The number of morpholine rings is 1. The summed E-state index contributed by atoms with van der Waals surface area (Å²) in [6.07, 6.45) is 0.663. The molecule has 21 heavy (non-hydrogen) atoms. The zero-order chi connectivity index (χ0) is 15.5. The molecule has 118 valence electrons. The van der Waals surface area contributed by atoms with Gasteiger partial charge in [-0.05, 0) is 31.2 Å². The van der Waals surface area contributed by atoms with Crippen molar-refractivity contribution in [1.29, 1.82) is 0 Å². The Kier molecular flexibility index (Phi) is 5.32. The highest BCUT2D eigenvalue weighted by Gasteiger charge is 2.34. The van der Waals surface area contributed by atoms with Gasteiger partial charge < -0.3 is 10.1 Å². The summed E-state index contributed by atoms with van der Waals surface area (Å²) in [6, 6.07) is 3.70. The van der Waals surface area contributed by atoms with E-state index in [-0.39, 0.29) is 10.9 Å². The minimum Gasteiger partial charge on any atom is -0.378 e. The van der Waals surface area contributed by atoms with Crippen LogP contribution in [0.15, 0.2) is 23.1 Å². The first-order valence-electron chi connectivity index (χ1n) is 7.03. The second-order valence-electron chi connectivity index (χ2n) is 5.04. The molecule has 0 spiro atoms. The summed E-state index contributed by atoms with van der Waals surface area (Å²) in [5.74, 6) is -0.547. The lowest BCUT2D eigenvalue weighted by atomic mass is 10.2. The van der Waals surface area contributed by atoms with Gasteiger partial charge in [0, 0.05) is 19.1 Å². The Labute approximate surface area is 125 Å². The maximum Gasteiger partial charge on any atom is 0.243 e. The molecule has 5 nitrogen and oxygen atoms in total. The first kappa shape index (κ1) is 16.4. The maximum atomic E-state index is 13.5. The predicted octanol–water partition coefficient (Wildman–Crippen LogP) is 1.34. The van der Waals surface area contributed by atoms with E-state index >= 15 is 0 Å². The van der Waals surface area contributed by atoms with Gasteiger partial charge in [-0.15, -0.1) is 0 Å². The molecule has 0 aliphatic carbocycles. The molecule has 0 bridgehead atoms. The van der Waals surface area contributed by atoms with Crippen molar-refractivity contribution in [1.82, 2.24) is 9.62 Å². The van der Waals surface area contributed by atoms with E-state index in [0.717, 1.165) is 6.07 Å². The van der Waals surface area contributed by atoms with Crippen molar-refractivity contribution in [2.24, 2.45) is 0 Å². The van der Waals surface area contributed by atoms with E-state index < -0.39 is 15.8 Å².